The third kappa shape index (κ3) is 3.29. The quantitative estimate of drug-likeness (QED) is 0.800. The predicted molar refractivity (Wildman–Crippen MR) is 80.7 cm³/mol. The van der Waals surface area contributed by atoms with Gasteiger partial charge in [-0.1, -0.05) is 18.2 Å². The molecule has 0 saturated carbocycles. The van der Waals surface area contributed by atoms with Crippen LogP contribution >= 0.6 is 23.2 Å². The zero-order valence-corrected chi connectivity index (χ0v) is 12.3. The fourth-order valence-electron chi connectivity index (χ4n) is 1.87. The summed E-state index contributed by atoms with van der Waals surface area (Å²) in [5, 5.41) is 7.42. The monoisotopic (exact) mass is 320 g/mol. The molecule has 0 aliphatic carbocycles. The molecular weight excluding hydrogens is 311 g/mol. The standard InChI is InChI=1S/C13H10Cl2N6/c14-11-18-12(15)20-13(19-11)16-8-9-4-1-2-5-10(9)21-7-3-6-17-21/h1-7H,8H2,(H,16,18,19,20). The fourth-order valence-corrected chi connectivity index (χ4v) is 2.24. The molecule has 0 atom stereocenters. The zero-order chi connectivity index (χ0) is 14.7. The molecule has 1 N–H and O–H groups in total. The Labute approximate surface area is 130 Å². The lowest BCUT2D eigenvalue weighted by Crippen LogP contribution is -2.08. The SMILES string of the molecule is Clc1nc(Cl)nc(NCc2ccccc2-n2cccn2)n1. The minimum absolute atomic E-state index is 0.0536. The van der Waals surface area contributed by atoms with Crippen molar-refractivity contribution in [3.05, 3.63) is 58.9 Å². The van der Waals surface area contributed by atoms with Crippen LogP contribution in [0.2, 0.25) is 10.6 Å². The predicted octanol–water partition coefficient (Wildman–Crippen LogP) is 2.98. The molecule has 0 radical (unpaired) electrons. The van der Waals surface area contributed by atoms with Crippen molar-refractivity contribution in [2.24, 2.45) is 0 Å². The second kappa shape index (κ2) is 6.07. The Morgan fingerprint density at radius 1 is 1.00 bits per heavy atom. The van der Waals surface area contributed by atoms with Crippen LogP contribution in [0.4, 0.5) is 5.95 Å². The number of anilines is 1. The first-order valence-electron chi connectivity index (χ1n) is 6.11. The molecule has 0 unspecified atom stereocenters. The summed E-state index contributed by atoms with van der Waals surface area (Å²) >= 11 is 11.5. The van der Waals surface area contributed by atoms with E-state index in [1.165, 1.54) is 0 Å². The van der Waals surface area contributed by atoms with Crippen LogP contribution in [-0.2, 0) is 6.54 Å². The lowest BCUT2D eigenvalue weighted by atomic mass is 10.2. The van der Waals surface area contributed by atoms with Crippen molar-refractivity contribution in [2.45, 2.75) is 6.54 Å². The van der Waals surface area contributed by atoms with Gasteiger partial charge in [-0.25, -0.2) is 4.68 Å². The third-order valence-corrected chi connectivity index (χ3v) is 3.10. The molecule has 6 nitrogen and oxygen atoms in total. The first kappa shape index (κ1) is 13.8. The Morgan fingerprint density at radius 2 is 1.76 bits per heavy atom. The van der Waals surface area contributed by atoms with Gasteiger partial charge in [-0.15, -0.1) is 0 Å². The number of para-hydroxylation sites is 1. The number of rotatable bonds is 4. The summed E-state index contributed by atoms with van der Waals surface area (Å²) in [6.07, 6.45) is 3.62. The van der Waals surface area contributed by atoms with Gasteiger partial charge in [0.15, 0.2) is 0 Å². The molecule has 0 aliphatic heterocycles. The summed E-state index contributed by atoms with van der Waals surface area (Å²) in [4.78, 5) is 11.6. The van der Waals surface area contributed by atoms with Gasteiger partial charge in [0, 0.05) is 18.9 Å². The van der Waals surface area contributed by atoms with Crippen LogP contribution in [0, 0.1) is 0 Å². The first-order chi connectivity index (χ1) is 10.2. The summed E-state index contributed by atoms with van der Waals surface area (Å²) in [5.41, 5.74) is 2.01. The van der Waals surface area contributed by atoms with Crippen LogP contribution in [0.15, 0.2) is 42.7 Å². The third-order valence-electron chi connectivity index (χ3n) is 2.76. The highest BCUT2D eigenvalue weighted by molar-refractivity contribution is 6.31. The maximum Gasteiger partial charge on any atom is 0.228 e. The summed E-state index contributed by atoms with van der Waals surface area (Å²) in [5.74, 6) is 0.329. The second-order valence-electron chi connectivity index (χ2n) is 4.13. The molecule has 0 fully saturated rings. The Bertz CT molecular complexity index is 724. The number of nitrogens with one attached hydrogen (secondary N) is 1. The van der Waals surface area contributed by atoms with Crippen molar-refractivity contribution < 1.29 is 0 Å². The van der Waals surface area contributed by atoms with Gasteiger partial charge in [0.25, 0.3) is 0 Å². The average molecular weight is 321 g/mol. The molecule has 3 rings (SSSR count). The van der Waals surface area contributed by atoms with Gasteiger partial charge in [0.2, 0.25) is 16.5 Å². The van der Waals surface area contributed by atoms with Crippen molar-refractivity contribution >= 4 is 29.2 Å². The molecule has 3 aromatic rings. The molecule has 0 amide bonds. The largest absolute Gasteiger partial charge is 0.350 e. The Balaban J connectivity index is 1.82. The minimum Gasteiger partial charge on any atom is -0.350 e. The first-order valence-corrected chi connectivity index (χ1v) is 6.87. The van der Waals surface area contributed by atoms with Gasteiger partial charge in [0.1, 0.15) is 0 Å². The van der Waals surface area contributed by atoms with Crippen LogP contribution in [0.1, 0.15) is 5.56 Å². The van der Waals surface area contributed by atoms with E-state index >= 15 is 0 Å². The van der Waals surface area contributed by atoms with E-state index in [0.717, 1.165) is 11.3 Å². The zero-order valence-electron chi connectivity index (χ0n) is 10.7. The van der Waals surface area contributed by atoms with Crippen LogP contribution in [0.5, 0.6) is 0 Å². The van der Waals surface area contributed by atoms with Gasteiger partial charge in [-0.05, 0) is 40.9 Å². The van der Waals surface area contributed by atoms with E-state index in [4.69, 9.17) is 23.2 Å². The lowest BCUT2D eigenvalue weighted by Gasteiger charge is -2.10. The van der Waals surface area contributed by atoms with E-state index in [9.17, 15) is 0 Å². The highest BCUT2D eigenvalue weighted by Crippen LogP contribution is 2.16. The molecule has 2 heterocycles. The number of benzene rings is 1. The van der Waals surface area contributed by atoms with Crippen LogP contribution in [0.25, 0.3) is 5.69 Å². The maximum atomic E-state index is 5.74. The molecule has 0 bridgehead atoms. The summed E-state index contributed by atoms with van der Waals surface area (Å²) in [7, 11) is 0. The normalized spacial score (nSPS) is 10.6. The highest BCUT2D eigenvalue weighted by Gasteiger charge is 2.06. The topological polar surface area (TPSA) is 68.5 Å². The van der Waals surface area contributed by atoms with E-state index in [1.807, 2.05) is 36.5 Å². The molecule has 1 aromatic carbocycles. The smallest absolute Gasteiger partial charge is 0.228 e. The van der Waals surface area contributed by atoms with Gasteiger partial charge in [-0.3, -0.25) is 0 Å². The summed E-state index contributed by atoms with van der Waals surface area (Å²) < 4.78 is 1.80. The van der Waals surface area contributed by atoms with Crippen molar-refractivity contribution in [1.29, 1.82) is 0 Å². The molecule has 106 valence electrons. The number of aromatic nitrogens is 5. The van der Waals surface area contributed by atoms with Gasteiger partial charge in [-0.2, -0.15) is 20.1 Å². The van der Waals surface area contributed by atoms with Crippen molar-refractivity contribution in [3.8, 4) is 5.69 Å². The van der Waals surface area contributed by atoms with E-state index in [2.05, 4.69) is 25.4 Å². The van der Waals surface area contributed by atoms with Crippen LogP contribution in [0.3, 0.4) is 0 Å². The molecule has 0 spiro atoms. The van der Waals surface area contributed by atoms with E-state index < -0.39 is 0 Å². The Hall–Kier alpha value is -2.18. The van der Waals surface area contributed by atoms with Gasteiger partial charge < -0.3 is 5.32 Å². The van der Waals surface area contributed by atoms with E-state index in [0.29, 0.717) is 12.5 Å². The summed E-state index contributed by atoms with van der Waals surface area (Å²) in [6.45, 7) is 0.507. The summed E-state index contributed by atoms with van der Waals surface area (Å²) in [6, 6.07) is 9.76. The van der Waals surface area contributed by atoms with Crippen molar-refractivity contribution in [3.63, 3.8) is 0 Å². The molecule has 0 saturated heterocycles. The minimum atomic E-state index is 0.0536. The second-order valence-corrected chi connectivity index (χ2v) is 4.81. The molecule has 8 heteroatoms. The molecule has 2 aromatic heterocycles. The Kier molecular flexibility index (Phi) is 3.98. The van der Waals surface area contributed by atoms with E-state index in [1.54, 1.807) is 10.9 Å². The van der Waals surface area contributed by atoms with Crippen molar-refractivity contribution in [2.75, 3.05) is 5.32 Å². The average Bonchev–Trinajstić information content (AvgIpc) is 2.98. The van der Waals surface area contributed by atoms with Gasteiger partial charge >= 0.3 is 0 Å². The number of nitrogens with zero attached hydrogens (tertiary/aromatic N) is 5. The Morgan fingerprint density at radius 3 is 2.48 bits per heavy atom. The van der Waals surface area contributed by atoms with E-state index in [-0.39, 0.29) is 10.6 Å². The lowest BCUT2D eigenvalue weighted by molar-refractivity contribution is 0.862. The molecule has 0 aliphatic rings. The molecule has 21 heavy (non-hydrogen) atoms. The maximum absolute atomic E-state index is 5.74. The van der Waals surface area contributed by atoms with Crippen LogP contribution in [-0.4, -0.2) is 24.7 Å². The van der Waals surface area contributed by atoms with Gasteiger partial charge in [0.05, 0.1) is 5.69 Å². The number of halogens is 2. The highest BCUT2D eigenvalue weighted by atomic mass is 35.5. The number of hydrogen-bond acceptors (Lipinski definition) is 5. The fraction of sp³-hybridized carbons (Fsp3) is 0.0769. The molecular formula is C13H10Cl2N6. The van der Waals surface area contributed by atoms with Crippen molar-refractivity contribution in [1.82, 2.24) is 24.7 Å². The van der Waals surface area contributed by atoms with Crippen LogP contribution < -0.4 is 5.32 Å². The number of hydrogen-bond donors (Lipinski definition) is 1.